The highest BCUT2D eigenvalue weighted by atomic mass is 16.3. The summed E-state index contributed by atoms with van der Waals surface area (Å²) in [5, 5.41) is 9.46. The number of carbonyl (C=O) groups is 1. The van der Waals surface area contributed by atoms with Crippen molar-refractivity contribution < 1.29 is 9.90 Å². The van der Waals surface area contributed by atoms with E-state index in [2.05, 4.69) is 0 Å². The first-order valence-corrected chi connectivity index (χ1v) is 4.93. The van der Waals surface area contributed by atoms with Crippen LogP contribution in [-0.2, 0) is 17.6 Å². The van der Waals surface area contributed by atoms with Gasteiger partial charge in [0.15, 0.2) is 0 Å². The molecule has 0 aromatic heterocycles. The van der Waals surface area contributed by atoms with Crippen LogP contribution in [0.4, 0.5) is 0 Å². The Morgan fingerprint density at radius 1 is 1.50 bits per heavy atom. The van der Waals surface area contributed by atoms with Gasteiger partial charge in [-0.3, -0.25) is 0 Å². The molecule has 1 unspecified atom stereocenters. The maximum Gasteiger partial charge on any atom is 0.123 e. The minimum atomic E-state index is 0.0456. The fourth-order valence-electron chi connectivity index (χ4n) is 1.47. The summed E-state index contributed by atoms with van der Waals surface area (Å²) in [4.78, 5) is 10.5. The van der Waals surface area contributed by atoms with Crippen molar-refractivity contribution in [1.29, 1.82) is 0 Å². The zero-order valence-corrected chi connectivity index (χ0v) is 8.66. The van der Waals surface area contributed by atoms with E-state index in [1.165, 1.54) is 0 Å². The normalized spacial score (nSPS) is 12.4. The molecular formula is C12H16O2. The molecular weight excluding hydrogens is 176 g/mol. The first kappa shape index (κ1) is 10.8. The molecule has 0 spiro atoms. The van der Waals surface area contributed by atoms with Crippen LogP contribution in [0, 0.1) is 5.92 Å². The van der Waals surface area contributed by atoms with Gasteiger partial charge < -0.3 is 9.90 Å². The zero-order valence-electron chi connectivity index (χ0n) is 8.66. The van der Waals surface area contributed by atoms with Crippen LogP contribution in [0.3, 0.4) is 0 Å². The molecule has 0 aliphatic heterocycles. The molecule has 76 valence electrons. The Hall–Kier alpha value is -1.31. The number of aromatic hydroxyl groups is 1. The van der Waals surface area contributed by atoms with Crippen molar-refractivity contribution in [1.82, 2.24) is 0 Å². The molecule has 2 heteroatoms. The standard InChI is InChI=1S/C12H16O2/c1-3-11-7-10(4-5-12(11)14)6-9(2)8-13/h4-5,7-9,14H,3,6H2,1-2H3. The lowest BCUT2D eigenvalue weighted by Crippen LogP contribution is -2.00. The number of carbonyl (C=O) groups excluding carboxylic acids is 1. The third-order valence-corrected chi connectivity index (χ3v) is 2.31. The Balaban J connectivity index is 2.84. The molecule has 2 nitrogen and oxygen atoms in total. The van der Waals surface area contributed by atoms with Gasteiger partial charge in [-0.05, 0) is 30.0 Å². The Morgan fingerprint density at radius 3 is 2.79 bits per heavy atom. The summed E-state index contributed by atoms with van der Waals surface area (Å²) in [5.74, 6) is 0.388. The molecule has 0 radical (unpaired) electrons. The van der Waals surface area contributed by atoms with Crippen molar-refractivity contribution in [2.45, 2.75) is 26.7 Å². The lowest BCUT2D eigenvalue weighted by Gasteiger charge is -2.07. The van der Waals surface area contributed by atoms with E-state index in [9.17, 15) is 9.90 Å². The van der Waals surface area contributed by atoms with Gasteiger partial charge in [0.25, 0.3) is 0 Å². The molecule has 1 atom stereocenters. The number of rotatable bonds is 4. The van der Waals surface area contributed by atoms with Crippen LogP contribution in [-0.4, -0.2) is 11.4 Å². The summed E-state index contributed by atoms with van der Waals surface area (Å²) < 4.78 is 0. The van der Waals surface area contributed by atoms with Crippen LogP contribution in [0.15, 0.2) is 18.2 Å². The van der Waals surface area contributed by atoms with Gasteiger partial charge in [-0.2, -0.15) is 0 Å². The van der Waals surface area contributed by atoms with E-state index in [0.717, 1.165) is 30.3 Å². The van der Waals surface area contributed by atoms with E-state index in [-0.39, 0.29) is 5.92 Å². The monoisotopic (exact) mass is 192 g/mol. The van der Waals surface area contributed by atoms with E-state index in [4.69, 9.17) is 0 Å². The van der Waals surface area contributed by atoms with Gasteiger partial charge in [0, 0.05) is 5.92 Å². The van der Waals surface area contributed by atoms with Crippen LogP contribution >= 0.6 is 0 Å². The Kier molecular flexibility index (Phi) is 3.69. The van der Waals surface area contributed by atoms with Crippen LogP contribution in [0.5, 0.6) is 5.75 Å². The van der Waals surface area contributed by atoms with Gasteiger partial charge >= 0.3 is 0 Å². The van der Waals surface area contributed by atoms with E-state index in [1.54, 1.807) is 6.07 Å². The molecule has 0 saturated heterocycles. The van der Waals surface area contributed by atoms with E-state index >= 15 is 0 Å². The number of hydrogen-bond donors (Lipinski definition) is 1. The number of aryl methyl sites for hydroxylation is 1. The Morgan fingerprint density at radius 2 is 2.21 bits per heavy atom. The van der Waals surface area contributed by atoms with Crippen molar-refractivity contribution in [3.05, 3.63) is 29.3 Å². The van der Waals surface area contributed by atoms with Crippen molar-refractivity contribution in [2.24, 2.45) is 5.92 Å². The van der Waals surface area contributed by atoms with E-state index in [0.29, 0.717) is 5.75 Å². The van der Waals surface area contributed by atoms with Crippen LogP contribution < -0.4 is 0 Å². The highest BCUT2D eigenvalue weighted by Crippen LogP contribution is 2.20. The van der Waals surface area contributed by atoms with Crippen molar-refractivity contribution in [3.8, 4) is 5.75 Å². The minimum absolute atomic E-state index is 0.0456. The quantitative estimate of drug-likeness (QED) is 0.743. The first-order valence-electron chi connectivity index (χ1n) is 4.93. The van der Waals surface area contributed by atoms with Gasteiger partial charge in [0.1, 0.15) is 12.0 Å². The molecule has 0 aliphatic rings. The molecule has 1 aromatic rings. The van der Waals surface area contributed by atoms with Crippen molar-refractivity contribution >= 4 is 6.29 Å². The van der Waals surface area contributed by atoms with E-state index in [1.807, 2.05) is 26.0 Å². The summed E-state index contributed by atoms with van der Waals surface area (Å²) in [7, 11) is 0. The predicted molar refractivity (Wildman–Crippen MR) is 56.4 cm³/mol. The second kappa shape index (κ2) is 4.80. The number of phenolic OH excluding ortho intramolecular Hbond substituents is 1. The summed E-state index contributed by atoms with van der Waals surface area (Å²) in [6.45, 7) is 3.90. The van der Waals surface area contributed by atoms with Gasteiger partial charge in [0.05, 0.1) is 0 Å². The van der Waals surface area contributed by atoms with Gasteiger partial charge in [-0.25, -0.2) is 0 Å². The summed E-state index contributed by atoms with van der Waals surface area (Å²) in [6, 6.07) is 5.54. The van der Waals surface area contributed by atoms with Crippen LogP contribution in [0.1, 0.15) is 25.0 Å². The number of phenols is 1. The topological polar surface area (TPSA) is 37.3 Å². The third-order valence-electron chi connectivity index (χ3n) is 2.31. The molecule has 0 aliphatic carbocycles. The summed E-state index contributed by atoms with van der Waals surface area (Å²) in [5.41, 5.74) is 2.06. The maximum atomic E-state index is 10.5. The maximum absolute atomic E-state index is 10.5. The largest absolute Gasteiger partial charge is 0.508 e. The summed E-state index contributed by atoms with van der Waals surface area (Å²) in [6.07, 6.45) is 2.52. The second-order valence-corrected chi connectivity index (χ2v) is 3.63. The lowest BCUT2D eigenvalue weighted by molar-refractivity contribution is -0.110. The molecule has 0 heterocycles. The highest BCUT2D eigenvalue weighted by molar-refractivity contribution is 5.53. The molecule has 1 rings (SSSR count). The van der Waals surface area contributed by atoms with Crippen LogP contribution in [0.25, 0.3) is 0 Å². The Bertz CT molecular complexity index is 318. The Labute approximate surface area is 84.6 Å². The average molecular weight is 192 g/mol. The van der Waals surface area contributed by atoms with E-state index < -0.39 is 0 Å². The van der Waals surface area contributed by atoms with Gasteiger partial charge in [0.2, 0.25) is 0 Å². The smallest absolute Gasteiger partial charge is 0.123 e. The van der Waals surface area contributed by atoms with Gasteiger partial charge in [-0.15, -0.1) is 0 Å². The lowest BCUT2D eigenvalue weighted by atomic mass is 9.99. The number of aldehydes is 1. The second-order valence-electron chi connectivity index (χ2n) is 3.63. The SMILES string of the molecule is CCc1cc(CC(C)C=O)ccc1O. The fraction of sp³-hybridized carbons (Fsp3) is 0.417. The minimum Gasteiger partial charge on any atom is -0.508 e. The number of benzene rings is 1. The van der Waals surface area contributed by atoms with Gasteiger partial charge in [-0.1, -0.05) is 26.0 Å². The first-order chi connectivity index (χ1) is 6.67. The molecule has 1 N–H and O–H groups in total. The third kappa shape index (κ3) is 2.59. The summed E-state index contributed by atoms with van der Waals surface area (Å²) >= 11 is 0. The predicted octanol–water partition coefficient (Wildman–Crippen LogP) is 2.33. The fourth-order valence-corrected chi connectivity index (χ4v) is 1.47. The highest BCUT2D eigenvalue weighted by Gasteiger charge is 2.04. The molecule has 1 aromatic carbocycles. The molecule has 14 heavy (non-hydrogen) atoms. The average Bonchev–Trinajstić information content (AvgIpc) is 2.20. The molecule has 0 bridgehead atoms. The number of hydrogen-bond acceptors (Lipinski definition) is 2. The molecule has 0 saturated carbocycles. The van der Waals surface area contributed by atoms with Crippen molar-refractivity contribution in [3.63, 3.8) is 0 Å². The van der Waals surface area contributed by atoms with Crippen molar-refractivity contribution in [2.75, 3.05) is 0 Å². The zero-order chi connectivity index (χ0) is 10.6. The van der Waals surface area contributed by atoms with Crippen LogP contribution in [0.2, 0.25) is 0 Å². The molecule has 0 fully saturated rings. The molecule has 0 amide bonds.